The molecule has 0 bridgehead atoms. The standard InChI is InChI=1S/C12H11N3O3/c1-18-11-5-4-10(8-12(16)17)9(7-11)3-2-6-14-15-13/h4-5,7H,6,8H2,1H3,(H,16,17). The second kappa shape index (κ2) is 6.84. The third-order valence-electron chi connectivity index (χ3n) is 2.09. The fourth-order valence-electron chi connectivity index (χ4n) is 1.32. The van der Waals surface area contributed by atoms with Gasteiger partial charge < -0.3 is 9.84 Å². The normalized spacial score (nSPS) is 8.72. The first kappa shape index (κ1) is 13.4. The van der Waals surface area contributed by atoms with Crippen LogP contribution in [0.2, 0.25) is 0 Å². The molecule has 0 saturated heterocycles. The van der Waals surface area contributed by atoms with Gasteiger partial charge in [-0.2, -0.15) is 0 Å². The van der Waals surface area contributed by atoms with Crippen LogP contribution in [0.5, 0.6) is 5.75 Å². The van der Waals surface area contributed by atoms with E-state index in [2.05, 4.69) is 21.9 Å². The molecule has 0 heterocycles. The molecule has 0 aliphatic heterocycles. The summed E-state index contributed by atoms with van der Waals surface area (Å²) in [5.41, 5.74) is 9.27. The lowest BCUT2D eigenvalue weighted by Crippen LogP contribution is -2.02. The van der Waals surface area contributed by atoms with Gasteiger partial charge >= 0.3 is 5.97 Å². The summed E-state index contributed by atoms with van der Waals surface area (Å²) in [5, 5.41) is 12.1. The Balaban J connectivity index is 3.05. The number of carboxylic acids is 1. The van der Waals surface area contributed by atoms with Crippen molar-refractivity contribution >= 4 is 5.97 Å². The number of hydrogen-bond donors (Lipinski definition) is 1. The number of aliphatic carboxylic acids is 1. The summed E-state index contributed by atoms with van der Waals surface area (Å²) in [6.45, 7) is 0.0419. The Morgan fingerprint density at radius 1 is 1.61 bits per heavy atom. The molecular formula is C12H11N3O3. The fourth-order valence-corrected chi connectivity index (χ4v) is 1.32. The zero-order valence-corrected chi connectivity index (χ0v) is 9.75. The second-order valence-corrected chi connectivity index (χ2v) is 3.28. The number of carboxylic acid groups (broad SMARTS) is 1. The van der Waals surface area contributed by atoms with Gasteiger partial charge in [0, 0.05) is 10.5 Å². The predicted molar refractivity (Wildman–Crippen MR) is 65.2 cm³/mol. The minimum Gasteiger partial charge on any atom is -0.497 e. The van der Waals surface area contributed by atoms with Crippen LogP contribution in [0.15, 0.2) is 23.3 Å². The minimum atomic E-state index is -0.932. The van der Waals surface area contributed by atoms with Gasteiger partial charge in [0.05, 0.1) is 20.1 Å². The van der Waals surface area contributed by atoms with Crippen LogP contribution in [-0.2, 0) is 11.2 Å². The van der Waals surface area contributed by atoms with Gasteiger partial charge in [0.25, 0.3) is 0 Å². The molecule has 0 aliphatic carbocycles. The van der Waals surface area contributed by atoms with Crippen molar-refractivity contribution in [3.63, 3.8) is 0 Å². The van der Waals surface area contributed by atoms with Gasteiger partial charge in [0.15, 0.2) is 0 Å². The Kier molecular flexibility index (Phi) is 5.10. The molecule has 0 atom stereocenters. The number of azide groups is 1. The van der Waals surface area contributed by atoms with Crippen LogP contribution in [-0.4, -0.2) is 24.7 Å². The fraction of sp³-hybridized carbons (Fsp3) is 0.250. The van der Waals surface area contributed by atoms with Gasteiger partial charge in [-0.3, -0.25) is 4.79 Å². The van der Waals surface area contributed by atoms with Gasteiger partial charge in [0.1, 0.15) is 5.75 Å². The van der Waals surface area contributed by atoms with E-state index in [4.69, 9.17) is 15.4 Å². The first-order chi connectivity index (χ1) is 8.67. The summed E-state index contributed by atoms with van der Waals surface area (Å²) in [7, 11) is 1.52. The highest BCUT2D eigenvalue weighted by Gasteiger charge is 2.06. The number of carbonyl (C=O) groups is 1. The molecule has 0 fully saturated rings. The van der Waals surface area contributed by atoms with Gasteiger partial charge in [-0.05, 0) is 23.2 Å². The summed E-state index contributed by atoms with van der Waals surface area (Å²) in [6, 6.07) is 4.99. The molecule has 6 nitrogen and oxygen atoms in total. The van der Waals surface area contributed by atoms with Crippen molar-refractivity contribution in [1.29, 1.82) is 0 Å². The molecule has 1 aromatic carbocycles. The van der Waals surface area contributed by atoms with Gasteiger partial charge in [-0.25, -0.2) is 0 Å². The highest BCUT2D eigenvalue weighted by molar-refractivity contribution is 5.71. The maximum absolute atomic E-state index is 10.7. The summed E-state index contributed by atoms with van der Waals surface area (Å²) < 4.78 is 5.05. The van der Waals surface area contributed by atoms with E-state index < -0.39 is 5.97 Å². The molecule has 18 heavy (non-hydrogen) atoms. The maximum atomic E-state index is 10.7. The van der Waals surface area contributed by atoms with Crippen molar-refractivity contribution < 1.29 is 14.6 Å². The maximum Gasteiger partial charge on any atom is 0.307 e. The van der Waals surface area contributed by atoms with Gasteiger partial charge in [0.2, 0.25) is 0 Å². The number of hydrogen-bond acceptors (Lipinski definition) is 3. The molecule has 0 amide bonds. The number of methoxy groups -OCH3 is 1. The third-order valence-corrected chi connectivity index (χ3v) is 2.09. The van der Waals surface area contributed by atoms with Crippen LogP contribution in [0.3, 0.4) is 0 Å². The summed E-state index contributed by atoms with van der Waals surface area (Å²) in [6.07, 6.45) is -0.116. The van der Waals surface area contributed by atoms with Crippen LogP contribution in [0.1, 0.15) is 11.1 Å². The number of rotatable bonds is 4. The molecule has 1 aromatic rings. The summed E-state index contributed by atoms with van der Waals surface area (Å²) >= 11 is 0. The number of benzene rings is 1. The van der Waals surface area contributed by atoms with Crippen molar-refractivity contribution in [3.8, 4) is 17.6 Å². The highest BCUT2D eigenvalue weighted by Crippen LogP contribution is 2.17. The molecule has 92 valence electrons. The van der Waals surface area contributed by atoms with E-state index in [-0.39, 0.29) is 13.0 Å². The predicted octanol–water partition coefficient (Wildman–Crippen LogP) is 1.98. The molecule has 0 unspecified atom stereocenters. The monoisotopic (exact) mass is 245 g/mol. The van der Waals surface area contributed by atoms with Crippen molar-refractivity contribution in [2.24, 2.45) is 5.11 Å². The zero-order valence-electron chi connectivity index (χ0n) is 9.75. The summed E-state index contributed by atoms with van der Waals surface area (Å²) in [4.78, 5) is 13.3. The lowest BCUT2D eigenvalue weighted by Gasteiger charge is -2.05. The first-order valence-corrected chi connectivity index (χ1v) is 5.06. The van der Waals surface area contributed by atoms with E-state index in [1.165, 1.54) is 7.11 Å². The number of ether oxygens (including phenoxy) is 1. The lowest BCUT2D eigenvalue weighted by molar-refractivity contribution is -0.136. The molecule has 0 spiro atoms. The second-order valence-electron chi connectivity index (χ2n) is 3.28. The Bertz CT molecular complexity index is 551. The van der Waals surface area contributed by atoms with E-state index in [9.17, 15) is 4.79 Å². The van der Waals surface area contributed by atoms with Crippen molar-refractivity contribution in [2.75, 3.05) is 13.7 Å². The average molecular weight is 245 g/mol. The highest BCUT2D eigenvalue weighted by atomic mass is 16.5. The van der Waals surface area contributed by atoms with Crippen molar-refractivity contribution in [3.05, 3.63) is 39.8 Å². The van der Waals surface area contributed by atoms with E-state index >= 15 is 0 Å². The Morgan fingerprint density at radius 2 is 2.39 bits per heavy atom. The molecule has 6 heteroatoms. The molecule has 1 rings (SSSR count). The Hall–Kier alpha value is -2.64. The SMILES string of the molecule is COc1ccc(CC(=O)O)c(C#CCN=[N+]=[N-])c1. The van der Waals surface area contributed by atoms with Gasteiger partial charge in [-0.15, -0.1) is 0 Å². The Morgan fingerprint density at radius 3 is 3.00 bits per heavy atom. The number of nitrogens with zero attached hydrogens (tertiary/aromatic N) is 3. The minimum absolute atomic E-state index is 0.0419. The molecular weight excluding hydrogens is 234 g/mol. The van der Waals surface area contributed by atoms with Crippen LogP contribution < -0.4 is 4.74 Å². The molecule has 0 aromatic heterocycles. The third kappa shape index (κ3) is 4.08. The van der Waals surface area contributed by atoms with Crippen molar-refractivity contribution in [2.45, 2.75) is 6.42 Å². The molecule has 1 N–H and O–H groups in total. The van der Waals surface area contributed by atoms with Crippen molar-refractivity contribution in [1.82, 2.24) is 0 Å². The quantitative estimate of drug-likeness (QED) is 0.380. The largest absolute Gasteiger partial charge is 0.497 e. The Labute approximate surface area is 104 Å². The van der Waals surface area contributed by atoms with E-state index in [0.717, 1.165) is 0 Å². The van der Waals surface area contributed by atoms with Crippen LogP contribution in [0, 0.1) is 11.8 Å². The van der Waals surface area contributed by atoms with Crippen LogP contribution in [0.25, 0.3) is 10.4 Å². The average Bonchev–Trinajstić information content (AvgIpc) is 2.35. The van der Waals surface area contributed by atoms with Crippen LogP contribution >= 0.6 is 0 Å². The van der Waals surface area contributed by atoms with E-state index in [1.807, 2.05) is 0 Å². The zero-order chi connectivity index (χ0) is 13.4. The summed E-state index contributed by atoms with van der Waals surface area (Å²) in [5.74, 6) is 5.08. The first-order valence-electron chi connectivity index (χ1n) is 5.06. The molecule has 0 radical (unpaired) electrons. The topological polar surface area (TPSA) is 95.3 Å². The molecule has 0 saturated carbocycles. The smallest absolute Gasteiger partial charge is 0.307 e. The van der Waals surface area contributed by atoms with Gasteiger partial charge in [-0.1, -0.05) is 23.0 Å². The van der Waals surface area contributed by atoms with E-state index in [0.29, 0.717) is 16.9 Å². The van der Waals surface area contributed by atoms with Crippen LogP contribution in [0.4, 0.5) is 0 Å². The lowest BCUT2D eigenvalue weighted by atomic mass is 10.0. The van der Waals surface area contributed by atoms with E-state index in [1.54, 1.807) is 18.2 Å². The molecule has 0 aliphatic rings.